The molecule has 1 aliphatic rings. The molecular weight excluding hydrogens is 218 g/mol. The molecule has 1 atom stereocenters. The van der Waals surface area contributed by atoms with E-state index in [9.17, 15) is 9.59 Å². The zero-order chi connectivity index (χ0) is 12.8. The van der Waals surface area contributed by atoms with Gasteiger partial charge >= 0.3 is 0 Å². The van der Waals surface area contributed by atoms with Gasteiger partial charge in [0.1, 0.15) is 0 Å². The van der Waals surface area contributed by atoms with Gasteiger partial charge in [0.15, 0.2) is 0 Å². The normalized spacial score (nSPS) is 18.1. The molecule has 2 N–H and O–H groups in total. The molecule has 0 saturated carbocycles. The zero-order valence-corrected chi connectivity index (χ0v) is 10.8. The second-order valence-electron chi connectivity index (χ2n) is 4.60. The molecule has 1 rings (SSSR count). The Hall–Kier alpha value is -1.10. The van der Waals surface area contributed by atoms with Gasteiger partial charge < -0.3 is 15.5 Å². The second-order valence-corrected chi connectivity index (χ2v) is 4.60. The lowest BCUT2D eigenvalue weighted by molar-refractivity contribution is -0.139. The molecule has 0 aromatic rings. The molecule has 1 unspecified atom stereocenters. The van der Waals surface area contributed by atoms with Crippen LogP contribution in [0.5, 0.6) is 0 Å². The molecule has 0 bridgehead atoms. The maximum absolute atomic E-state index is 12.0. The Morgan fingerprint density at radius 3 is 2.12 bits per heavy atom. The number of carbonyl (C=O) groups excluding carboxylic acids is 2. The first-order valence-electron chi connectivity index (χ1n) is 6.31. The van der Waals surface area contributed by atoms with Crippen LogP contribution in [0.15, 0.2) is 0 Å². The maximum Gasteiger partial charge on any atom is 0.223 e. The van der Waals surface area contributed by atoms with E-state index in [1.165, 1.54) is 0 Å². The Balaban J connectivity index is 2.38. The molecule has 2 amide bonds. The van der Waals surface area contributed by atoms with Gasteiger partial charge in [-0.1, -0.05) is 13.3 Å². The SMILES string of the molecule is CCC(CN)CC(=O)N1CCN(C(C)=O)CC1. The minimum absolute atomic E-state index is 0.0884. The van der Waals surface area contributed by atoms with Gasteiger partial charge in [-0.05, 0) is 12.5 Å². The molecule has 0 aromatic heterocycles. The first kappa shape index (κ1) is 14.0. The topological polar surface area (TPSA) is 66.6 Å². The first-order chi connectivity index (χ1) is 8.08. The Labute approximate surface area is 103 Å². The summed E-state index contributed by atoms with van der Waals surface area (Å²) in [6.45, 7) is 6.80. The third-order valence-corrected chi connectivity index (χ3v) is 3.45. The highest BCUT2D eigenvalue weighted by molar-refractivity contribution is 5.77. The summed E-state index contributed by atoms with van der Waals surface area (Å²) < 4.78 is 0. The van der Waals surface area contributed by atoms with Gasteiger partial charge in [0.2, 0.25) is 11.8 Å². The van der Waals surface area contributed by atoms with Crippen molar-refractivity contribution >= 4 is 11.8 Å². The molecule has 0 aliphatic carbocycles. The lowest BCUT2D eigenvalue weighted by atomic mass is 10.0. The summed E-state index contributed by atoms with van der Waals surface area (Å²) in [4.78, 5) is 26.7. The largest absolute Gasteiger partial charge is 0.339 e. The van der Waals surface area contributed by atoms with Gasteiger partial charge in [-0.3, -0.25) is 9.59 Å². The summed E-state index contributed by atoms with van der Waals surface area (Å²) >= 11 is 0. The maximum atomic E-state index is 12.0. The minimum atomic E-state index is 0.0884. The summed E-state index contributed by atoms with van der Waals surface area (Å²) in [6.07, 6.45) is 1.47. The van der Waals surface area contributed by atoms with E-state index in [1.54, 1.807) is 11.8 Å². The summed E-state index contributed by atoms with van der Waals surface area (Å²) in [7, 11) is 0. The lowest BCUT2D eigenvalue weighted by Gasteiger charge is -2.34. The van der Waals surface area contributed by atoms with Crippen molar-refractivity contribution in [1.82, 2.24) is 9.80 Å². The lowest BCUT2D eigenvalue weighted by Crippen LogP contribution is -2.50. The van der Waals surface area contributed by atoms with Crippen LogP contribution in [0.3, 0.4) is 0 Å². The van der Waals surface area contributed by atoms with Gasteiger partial charge in [-0.2, -0.15) is 0 Å². The predicted molar refractivity (Wildman–Crippen MR) is 66.3 cm³/mol. The van der Waals surface area contributed by atoms with Crippen molar-refractivity contribution in [3.05, 3.63) is 0 Å². The summed E-state index contributed by atoms with van der Waals surface area (Å²) in [5, 5.41) is 0. The number of nitrogens with zero attached hydrogens (tertiary/aromatic N) is 2. The molecule has 1 heterocycles. The molecule has 0 spiro atoms. The van der Waals surface area contributed by atoms with E-state index in [1.807, 2.05) is 4.90 Å². The van der Waals surface area contributed by atoms with Crippen LogP contribution in [-0.4, -0.2) is 54.3 Å². The van der Waals surface area contributed by atoms with E-state index in [4.69, 9.17) is 5.73 Å². The molecule has 17 heavy (non-hydrogen) atoms. The average Bonchev–Trinajstić information content (AvgIpc) is 2.35. The fourth-order valence-electron chi connectivity index (χ4n) is 2.04. The Morgan fingerprint density at radius 2 is 1.71 bits per heavy atom. The van der Waals surface area contributed by atoms with Crippen LogP contribution in [0.4, 0.5) is 0 Å². The number of hydrogen-bond acceptors (Lipinski definition) is 3. The van der Waals surface area contributed by atoms with Crippen molar-refractivity contribution in [2.24, 2.45) is 11.7 Å². The minimum Gasteiger partial charge on any atom is -0.339 e. The quantitative estimate of drug-likeness (QED) is 0.756. The molecular formula is C12H23N3O2. The van der Waals surface area contributed by atoms with E-state index in [-0.39, 0.29) is 17.7 Å². The smallest absolute Gasteiger partial charge is 0.223 e. The summed E-state index contributed by atoms with van der Waals surface area (Å²) in [6, 6.07) is 0. The summed E-state index contributed by atoms with van der Waals surface area (Å²) in [5.74, 6) is 0.546. The monoisotopic (exact) mass is 241 g/mol. The van der Waals surface area contributed by atoms with Crippen molar-refractivity contribution in [2.45, 2.75) is 26.7 Å². The molecule has 0 radical (unpaired) electrons. The summed E-state index contributed by atoms with van der Waals surface area (Å²) in [5.41, 5.74) is 5.60. The van der Waals surface area contributed by atoms with Crippen molar-refractivity contribution in [1.29, 1.82) is 0 Å². The molecule has 1 aliphatic heterocycles. The van der Waals surface area contributed by atoms with Crippen LogP contribution in [0.1, 0.15) is 26.7 Å². The van der Waals surface area contributed by atoms with E-state index in [0.717, 1.165) is 6.42 Å². The van der Waals surface area contributed by atoms with Crippen LogP contribution in [0, 0.1) is 5.92 Å². The first-order valence-corrected chi connectivity index (χ1v) is 6.31. The second kappa shape index (κ2) is 6.59. The number of rotatable bonds is 4. The number of nitrogens with two attached hydrogens (primary N) is 1. The highest BCUT2D eigenvalue weighted by atomic mass is 16.2. The Bertz CT molecular complexity index is 269. The van der Waals surface area contributed by atoms with E-state index < -0.39 is 0 Å². The number of piperazine rings is 1. The molecule has 5 heteroatoms. The molecule has 1 saturated heterocycles. The van der Waals surface area contributed by atoms with Gasteiger partial charge in [0, 0.05) is 39.5 Å². The number of hydrogen-bond donors (Lipinski definition) is 1. The standard InChI is InChI=1S/C12H23N3O2/c1-3-11(9-13)8-12(17)15-6-4-14(5-7-15)10(2)16/h11H,3-9,13H2,1-2H3. The van der Waals surface area contributed by atoms with Crippen molar-refractivity contribution in [3.8, 4) is 0 Å². The predicted octanol–water partition coefficient (Wildman–Crippen LogP) is 0.0521. The van der Waals surface area contributed by atoms with E-state index >= 15 is 0 Å². The molecule has 1 fully saturated rings. The fraction of sp³-hybridized carbons (Fsp3) is 0.833. The van der Waals surface area contributed by atoms with Crippen LogP contribution in [0.25, 0.3) is 0 Å². The van der Waals surface area contributed by atoms with E-state index in [0.29, 0.717) is 39.1 Å². The average molecular weight is 241 g/mol. The third kappa shape index (κ3) is 4.00. The van der Waals surface area contributed by atoms with Crippen LogP contribution in [0.2, 0.25) is 0 Å². The van der Waals surface area contributed by atoms with Gasteiger partial charge in [-0.15, -0.1) is 0 Å². The zero-order valence-electron chi connectivity index (χ0n) is 10.8. The van der Waals surface area contributed by atoms with Crippen LogP contribution in [-0.2, 0) is 9.59 Å². The van der Waals surface area contributed by atoms with Gasteiger partial charge in [0.25, 0.3) is 0 Å². The third-order valence-electron chi connectivity index (χ3n) is 3.45. The Morgan fingerprint density at radius 1 is 1.18 bits per heavy atom. The molecule has 0 aromatic carbocycles. The highest BCUT2D eigenvalue weighted by Gasteiger charge is 2.23. The van der Waals surface area contributed by atoms with Gasteiger partial charge in [0.05, 0.1) is 0 Å². The molecule has 98 valence electrons. The molecule has 5 nitrogen and oxygen atoms in total. The number of carbonyl (C=O) groups is 2. The van der Waals surface area contributed by atoms with Crippen molar-refractivity contribution in [2.75, 3.05) is 32.7 Å². The number of amides is 2. The Kier molecular flexibility index (Phi) is 5.41. The van der Waals surface area contributed by atoms with E-state index in [2.05, 4.69) is 6.92 Å². The fourth-order valence-corrected chi connectivity index (χ4v) is 2.04. The van der Waals surface area contributed by atoms with Crippen LogP contribution < -0.4 is 5.73 Å². The highest BCUT2D eigenvalue weighted by Crippen LogP contribution is 2.11. The van der Waals surface area contributed by atoms with Crippen molar-refractivity contribution in [3.63, 3.8) is 0 Å². The van der Waals surface area contributed by atoms with Gasteiger partial charge in [-0.25, -0.2) is 0 Å². The van der Waals surface area contributed by atoms with Crippen molar-refractivity contribution < 1.29 is 9.59 Å². The van der Waals surface area contributed by atoms with Crippen LogP contribution >= 0.6 is 0 Å².